The highest BCUT2D eigenvalue weighted by Gasteiger charge is 2.19. The van der Waals surface area contributed by atoms with E-state index in [-0.39, 0.29) is 29.4 Å². The van der Waals surface area contributed by atoms with Crippen molar-refractivity contribution in [3.05, 3.63) is 70.9 Å². The first-order valence-corrected chi connectivity index (χ1v) is 12.4. The van der Waals surface area contributed by atoms with Crippen molar-refractivity contribution in [2.24, 2.45) is 9.98 Å². The lowest BCUT2D eigenvalue weighted by atomic mass is 9.89. The first kappa shape index (κ1) is 27.9. The van der Waals surface area contributed by atoms with E-state index in [9.17, 15) is 9.18 Å². The summed E-state index contributed by atoms with van der Waals surface area (Å²) in [6.07, 6.45) is 5.28. The number of carbonyl (C=O) groups is 1. The van der Waals surface area contributed by atoms with Crippen molar-refractivity contribution in [2.45, 2.75) is 32.3 Å². The molecule has 198 valence electrons. The zero-order chi connectivity index (χ0) is 26.6. The molecule has 0 bridgehead atoms. The number of ether oxygens (including phenoxy) is 2. The van der Waals surface area contributed by atoms with E-state index in [2.05, 4.69) is 63.4 Å². The van der Waals surface area contributed by atoms with E-state index in [4.69, 9.17) is 9.47 Å². The summed E-state index contributed by atoms with van der Waals surface area (Å²) in [6, 6.07) is 11.3. The molecule has 2 N–H and O–H groups in total. The number of benzene rings is 2. The molecule has 0 aromatic heterocycles. The molecule has 0 saturated carbocycles. The van der Waals surface area contributed by atoms with Gasteiger partial charge in [-0.25, -0.2) is 4.39 Å². The fourth-order valence-electron chi connectivity index (χ4n) is 4.27. The van der Waals surface area contributed by atoms with Crippen LogP contribution >= 0.6 is 0 Å². The molecule has 0 aliphatic carbocycles. The van der Waals surface area contributed by atoms with Gasteiger partial charge >= 0.3 is 0 Å². The van der Waals surface area contributed by atoms with E-state index in [1.165, 1.54) is 57.1 Å². The molecular weight excluding hydrogens is 473 g/mol. The summed E-state index contributed by atoms with van der Waals surface area (Å²) in [7, 11) is 2.84. The standard InChI is InChI=1S/C28H36FN5O3/c1-5-34-12-10-21(11-13-34)20-6-8-24(9-7-20)33-19-32-17-25(16-30-2)37-18-23-14-22(28(35)31-3)15-26(36-4)27(23)29/h6-9,14-17,21,33H,2,5,10-13,18-19H2,1,3-4H3,(H,31,35)/b25-16+,32-17-. The number of allylic oxidation sites excluding steroid dienone is 1. The Balaban J connectivity index is 1.54. The van der Waals surface area contributed by atoms with Crippen LogP contribution in [0.2, 0.25) is 0 Å². The van der Waals surface area contributed by atoms with Crippen LogP contribution in [0.1, 0.15) is 47.2 Å². The van der Waals surface area contributed by atoms with Crippen LogP contribution in [0.15, 0.2) is 58.3 Å². The highest BCUT2D eigenvalue weighted by molar-refractivity contribution is 5.94. The third-order valence-electron chi connectivity index (χ3n) is 6.45. The third kappa shape index (κ3) is 7.88. The van der Waals surface area contributed by atoms with Crippen molar-refractivity contribution in [1.82, 2.24) is 10.2 Å². The Morgan fingerprint density at radius 3 is 2.59 bits per heavy atom. The Morgan fingerprint density at radius 1 is 1.24 bits per heavy atom. The van der Waals surface area contributed by atoms with Gasteiger partial charge in [0.2, 0.25) is 0 Å². The predicted molar refractivity (Wildman–Crippen MR) is 146 cm³/mol. The van der Waals surface area contributed by atoms with Gasteiger partial charge in [0, 0.05) is 23.9 Å². The molecule has 0 atom stereocenters. The van der Waals surface area contributed by atoms with E-state index in [0.717, 1.165) is 25.3 Å². The molecule has 1 fully saturated rings. The van der Waals surface area contributed by atoms with Crippen LogP contribution < -0.4 is 15.4 Å². The summed E-state index contributed by atoms with van der Waals surface area (Å²) in [5, 5.41) is 5.77. The summed E-state index contributed by atoms with van der Waals surface area (Å²) >= 11 is 0. The first-order valence-electron chi connectivity index (χ1n) is 12.4. The lowest BCUT2D eigenvalue weighted by Gasteiger charge is -2.31. The van der Waals surface area contributed by atoms with Crippen LogP contribution in [-0.2, 0) is 11.3 Å². The van der Waals surface area contributed by atoms with E-state index < -0.39 is 5.82 Å². The van der Waals surface area contributed by atoms with Crippen LogP contribution in [0.5, 0.6) is 5.75 Å². The maximum Gasteiger partial charge on any atom is 0.251 e. The number of hydrogen-bond donors (Lipinski definition) is 2. The number of rotatable bonds is 12. The van der Waals surface area contributed by atoms with Crippen LogP contribution in [0.4, 0.5) is 10.1 Å². The van der Waals surface area contributed by atoms with Crippen molar-refractivity contribution in [1.29, 1.82) is 0 Å². The molecule has 37 heavy (non-hydrogen) atoms. The maximum atomic E-state index is 14.7. The van der Waals surface area contributed by atoms with Gasteiger partial charge in [-0.2, -0.15) is 0 Å². The van der Waals surface area contributed by atoms with Gasteiger partial charge in [0.1, 0.15) is 13.3 Å². The number of methoxy groups -OCH3 is 1. The van der Waals surface area contributed by atoms with Crippen molar-refractivity contribution in [2.75, 3.05) is 45.8 Å². The molecule has 3 rings (SSSR count). The van der Waals surface area contributed by atoms with Crippen LogP contribution in [0.3, 0.4) is 0 Å². The summed E-state index contributed by atoms with van der Waals surface area (Å²) in [5.41, 5.74) is 2.78. The van der Waals surface area contributed by atoms with Gasteiger partial charge in [0.05, 0.1) is 19.5 Å². The molecule has 9 heteroatoms. The lowest BCUT2D eigenvalue weighted by Crippen LogP contribution is -2.32. The molecule has 8 nitrogen and oxygen atoms in total. The molecule has 1 aliphatic rings. The van der Waals surface area contributed by atoms with Gasteiger partial charge in [-0.1, -0.05) is 19.1 Å². The Labute approximate surface area is 218 Å². The molecule has 0 unspecified atom stereocenters. The number of carbonyl (C=O) groups excluding carboxylic acids is 1. The monoisotopic (exact) mass is 509 g/mol. The number of piperidine rings is 1. The summed E-state index contributed by atoms with van der Waals surface area (Å²) in [6.45, 7) is 9.28. The number of amides is 1. The Kier molecular flexibility index (Phi) is 10.6. The minimum Gasteiger partial charge on any atom is -0.494 e. The number of halogens is 1. The minimum atomic E-state index is -0.598. The minimum absolute atomic E-state index is 0.0395. The second kappa shape index (κ2) is 14.1. The number of nitrogens with one attached hydrogen (secondary N) is 2. The van der Waals surface area contributed by atoms with Crippen molar-refractivity contribution < 1.29 is 18.7 Å². The average Bonchev–Trinajstić information content (AvgIpc) is 2.94. The lowest BCUT2D eigenvalue weighted by molar-refractivity contribution is 0.0962. The van der Waals surface area contributed by atoms with Crippen LogP contribution in [0.25, 0.3) is 0 Å². The number of aliphatic imine (C=N–C) groups is 2. The topological polar surface area (TPSA) is 87.5 Å². The molecule has 0 radical (unpaired) electrons. The molecule has 0 spiro atoms. The zero-order valence-electron chi connectivity index (χ0n) is 21.8. The predicted octanol–water partition coefficient (Wildman–Crippen LogP) is 4.59. The fourth-order valence-corrected chi connectivity index (χ4v) is 4.27. The SMILES string of the molecule is C=N/C=C(\C=N/CNc1ccc(C2CCN(CC)CC2)cc1)OCc1cc(C(=O)NC)cc(OC)c1F. The van der Waals surface area contributed by atoms with Gasteiger partial charge in [0.25, 0.3) is 5.91 Å². The summed E-state index contributed by atoms with van der Waals surface area (Å²) < 4.78 is 25.4. The normalized spacial score (nSPS) is 15.0. The number of likely N-dealkylation sites (tertiary alicyclic amines) is 1. The number of anilines is 1. The van der Waals surface area contributed by atoms with E-state index in [0.29, 0.717) is 18.3 Å². The molecule has 2 aromatic carbocycles. The quantitative estimate of drug-likeness (QED) is 0.323. The highest BCUT2D eigenvalue weighted by Crippen LogP contribution is 2.29. The second-order valence-corrected chi connectivity index (χ2v) is 8.71. The molecular formula is C28H36FN5O3. The summed E-state index contributed by atoms with van der Waals surface area (Å²) in [4.78, 5) is 22.6. The van der Waals surface area contributed by atoms with Gasteiger partial charge in [0.15, 0.2) is 17.3 Å². The average molecular weight is 510 g/mol. The number of nitrogens with zero attached hydrogens (tertiary/aromatic N) is 3. The Hall–Kier alpha value is -3.72. The van der Waals surface area contributed by atoms with Crippen molar-refractivity contribution in [3.63, 3.8) is 0 Å². The van der Waals surface area contributed by atoms with Gasteiger partial charge in [-0.15, -0.1) is 0 Å². The van der Waals surface area contributed by atoms with Crippen LogP contribution in [0, 0.1) is 5.82 Å². The third-order valence-corrected chi connectivity index (χ3v) is 6.45. The van der Waals surface area contributed by atoms with Crippen molar-refractivity contribution >= 4 is 24.5 Å². The van der Waals surface area contributed by atoms with Crippen LogP contribution in [-0.4, -0.2) is 64.2 Å². The molecule has 1 amide bonds. The second-order valence-electron chi connectivity index (χ2n) is 8.71. The molecule has 1 aliphatic heterocycles. The highest BCUT2D eigenvalue weighted by atomic mass is 19.1. The van der Waals surface area contributed by atoms with Gasteiger partial charge in [-0.3, -0.25) is 14.8 Å². The first-order chi connectivity index (χ1) is 18.0. The van der Waals surface area contributed by atoms with Gasteiger partial charge in [-0.05, 0) is 74.9 Å². The fraction of sp³-hybridized carbons (Fsp3) is 0.393. The summed E-state index contributed by atoms with van der Waals surface area (Å²) in [5.74, 6) is -0.0747. The van der Waals surface area contributed by atoms with E-state index in [1.807, 2.05) is 0 Å². The van der Waals surface area contributed by atoms with Crippen molar-refractivity contribution in [3.8, 4) is 5.75 Å². The zero-order valence-corrected chi connectivity index (χ0v) is 21.8. The Morgan fingerprint density at radius 2 is 1.97 bits per heavy atom. The molecule has 1 saturated heterocycles. The Bertz CT molecular complexity index is 1110. The van der Waals surface area contributed by atoms with E-state index >= 15 is 0 Å². The number of hydrogen-bond acceptors (Lipinski definition) is 7. The van der Waals surface area contributed by atoms with E-state index in [1.54, 1.807) is 0 Å². The maximum absolute atomic E-state index is 14.7. The molecule has 1 heterocycles. The van der Waals surface area contributed by atoms with Gasteiger partial charge < -0.3 is 25.0 Å². The smallest absolute Gasteiger partial charge is 0.251 e. The molecule has 2 aromatic rings. The largest absolute Gasteiger partial charge is 0.494 e.